The Morgan fingerprint density at radius 2 is 2.38 bits per heavy atom. The molecule has 0 radical (unpaired) electrons. The maximum atomic E-state index is 12.0. The van der Waals surface area contributed by atoms with Crippen LogP contribution >= 0.6 is 0 Å². The highest BCUT2D eigenvalue weighted by atomic mass is 16.1. The van der Waals surface area contributed by atoms with Crippen LogP contribution in [0.3, 0.4) is 0 Å². The number of Topliss-reactive ketones (excluding diaryl/α,β-unsaturated/α-hetero) is 1. The average Bonchev–Trinajstić information content (AvgIpc) is 2.81. The second-order valence-corrected chi connectivity index (χ2v) is 4.17. The number of likely N-dealkylation sites (N-methyl/N-ethyl adjacent to an activating group) is 1. The van der Waals surface area contributed by atoms with E-state index in [1.54, 1.807) is 12.5 Å². The van der Waals surface area contributed by atoms with Gasteiger partial charge >= 0.3 is 0 Å². The van der Waals surface area contributed by atoms with Gasteiger partial charge in [0.05, 0.1) is 12.4 Å². The first-order chi connectivity index (χ1) is 7.69. The van der Waals surface area contributed by atoms with E-state index in [4.69, 9.17) is 0 Å². The molecule has 0 aliphatic heterocycles. The number of imidazole rings is 1. The van der Waals surface area contributed by atoms with E-state index in [0.717, 1.165) is 25.0 Å². The molecule has 0 fully saturated rings. The highest BCUT2D eigenvalue weighted by molar-refractivity contribution is 5.85. The van der Waals surface area contributed by atoms with Crippen molar-refractivity contribution >= 4 is 5.78 Å². The Morgan fingerprint density at radius 1 is 1.62 bits per heavy atom. The monoisotopic (exact) mass is 223 g/mol. The van der Waals surface area contributed by atoms with Crippen molar-refractivity contribution in [3.05, 3.63) is 18.2 Å². The summed E-state index contributed by atoms with van der Waals surface area (Å²) < 4.78 is 0. The van der Waals surface area contributed by atoms with Gasteiger partial charge < -0.3 is 10.3 Å². The van der Waals surface area contributed by atoms with Crippen LogP contribution in [0.15, 0.2) is 12.5 Å². The van der Waals surface area contributed by atoms with Crippen molar-refractivity contribution in [3.63, 3.8) is 0 Å². The molecule has 2 N–H and O–H groups in total. The fraction of sp³-hybridized carbons (Fsp3) is 0.667. The van der Waals surface area contributed by atoms with Gasteiger partial charge in [-0.3, -0.25) is 4.79 Å². The van der Waals surface area contributed by atoms with Crippen LogP contribution in [-0.4, -0.2) is 28.8 Å². The molecule has 0 saturated heterocycles. The third-order valence-corrected chi connectivity index (χ3v) is 3.05. The number of aromatic amines is 1. The lowest BCUT2D eigenvalue weighted by Crippen LogP contribution is -2.37. The van der Waals surface area contributed by atoms with Gasteiger partial charge in [0.25, 0.3) is 0 Å². The summed E-state index contributed by atoms with van der Waals surface area (Å²) >= 11 is 0. The number of hydrogen-bond donors (Lipinski definition) is 2. The number of nitrogens with one attached hydrogen (secondary N) is 2. The van der Waals surface area contributed by atoms with Gasteiger partial charge in [-0.1, -0.05) is 13.8 Å². The van der Waals surface area contributed by atoms with Crippen molar-refractivity contribution in [2.24, 2.45) is 5.92 Å². The number of ketones is 1. The van der Waals surface area contributed by atoms with Gasteiger partial charge in [0, 0.05) is 17.8 Å². The van der Waals surface area contributed by atoms with Gasteiger partial charge in [0.15, 0.2) is 5.78 Å². The first kappa shape index (κ1) is 12.9. The van der Waals surface area contributed by atoms with E-state index in [-0.39, 0.29) is 12.0 Å². The zero-order chi connectivity index (χ0) is 12.0. The second-order valence-electron chi connectivity index (χ2n) is 4.17. The molecule has 1 heterocycles. The van der Waals surface area contributed by atoms with Crippen LogP contribution in [0.1, 0.15) is 32.4 Å². The topological polar surface area (TPSA) is 57.8 Å². The van der Waals surface area contributed by atoms with Crippen LogP contribution in [0.5, 0.6) is 0 Å². The molecule has 2 atom stereocenters. The Balaban J connectivity index is 2.45. The number of H-pyrrole nitrogens is 1. The van der Waals surface area contributed by atoms with Crippen LogP contribution in [0.25, 0.3) is 0 Å². The summed E-state index contributed by atoms with van der Waals surface area (Å²) in [4.78, 5) is 19.0. The molecule has 0 aliphatic rings. The molecule has 0 aromatic carbocycles. The van der Waals surface area contributed by atoms with Gasteiger partial charge in [-0.2, -0.15) is 0 Å². The summed E-state index contributed by atoms with van der Waals surface area (Å²) in [5, 5.41) is 3.10. The molecule has 1 rings (SSSR count). The lowest BCUT2D eigenvalue weighted by molar-refractivity contribution is -0.124. The summed E-state index contributed by atoms with van der Waals surface area (Å²) in [6.07, 6.45) is 6.05. The molecule has 1 aromatic rings. The van der Waals surface area contributed by atoms with Crippen molar-refractivity contribution in [1.29, 1.82) is 0 Å². The lowest BCUT2D eigenvalue weighted by atomic mass is 9.94. The SMILES string of the molecule is CCC(C)C(=O)[C@H](CCc1cnc[nH]1)NC. The molecule has 0 spiro atoms. The Bertz CT molecular complexity index is 308. The van der Waals surface area contributed by atoms with Gasteiger partial charge in [-0.15, -0.1) is 0 Å². The Morgan fingerprint density at radius 3 is 2.88 bits per heavy atom. The van der Waals surface area contributed by atoms with Crippen molar-refractivity contribution in [2.45, 2.75) is 39.2 Å². The normalized spacial score (nSPS) is 14.7. The minimum absolute atomic E-state index is 0.0433. The standard InChI is InChI=1S/C12H21N3O/c1-4-9(2)12(16)11(13-3)6-5-10-7-14-8-15-10/h7-9,11,13H,4-6H2,1-3H3,(H,14,15)/t9?,11-/m0/s1. The summed E-state index contributed by atoms with van der Waals surface area (Å²) in [5.41, 5.74) is 1.08. The lowest BCUT2D eigenvalue weighted by Gasteiger charge is -2.18. The fourth-order valence-electron chi connectivity index (χ4n) is 1.69. The smallest absolute Gasteiger partial charge is 0.152 e. The zero-order valence-corrected chi connectivity index (χ0v) is 10.3. The maximum absolute atomic E-state index is 12.0. The first-order valence-corrected chi connectivity index (χ1v) is 5.87. The van der Waals surface area contributed by atoms with Crippen LogP contribution < -0.4 is 5.32 Å². The highest BCUT2D eigenvalue weighted by Gasteiger charge is 2.20. The summed E-state index contributed by atoms with van der Waals surface area (Å²) in [6.45, 7) is 4.03. The Hall–Kier alpha value is -1.16. The number of rotatable bonds is 7. The number of carbonyl (C=O) groups is 1. The Kier molecular flexibility index (Phi) is 5.19. The van der Waals surface area contributed by atoms with Crippen molar-refractivity contribution in [1.82, 2.24) is 15.3 Å². The van der Waals surface area contributed by atoms with Crippen molar-refractivity contribution in [2.75, 3.05) is 7.05 Å². The van der Waals surface area contributed by atoms with Crippen LogP contribution in [0, 0.1) is 5.92 Å². The minimum atomic E-state index is -0.0433. The predicted molar refractivity (Wildman–Crippen MR) is 64.2 cm³/mol. The molecule has 0 bridgehead atoms. The third kappa shape index (κ3) is 3.45. The quantitative estimate of drug-likeness (QED) is 0.737. The second kappa shape index (κ2) is 6.43. The molecule has 1 aromatic heterocycles. The highest BCUT2D eigenvalue weighted by Crippen LogP contribution is 2.10. The zero-order valence-electron chi connectivity index (χ0n) is 10.3. The predicted octanol–water partition coefficient (Wildman–Crippen LogP) is 1.55. The molecule has 90 valence electrons. The van der Waals surface area contributed by atoms with Crippen molar-refractivity contribution < 1.29 is 4.79 Å². The number of aromatic nitrogens is 2. The van der Waals surface area contributed by atoms with Gasteiger partial charge in [-0.25, -0.2) is 4.98 Å². The number of carbonyl (C=O) groups excluding carboxylic acids is 1. The van der Waals surface area contributed by atoms with Gasteiger partial charge in [-0.05, 0) is 26.3 Å². The van der Waals surface area contributed by atoms with Gasteiger partial charge in [0.1, 0.15) is 0 Å². The molecule has 4 heteroatoms. The number of nitrogens with zero attached hydrogens (tertiary/aromatic N) is 1. The minimum Gasteiger partial charge on any atom is -0.348 e. The number of aryl methyl sites for hydroxylation is 1. The van der Waals surface area contributed by atoms with Crippen LogP contribution in [0.2, 0.25) is 0 Å². The molecule has 0 aliphatic carbocycles. The van der Waals surface area contributed by atoms with Gasteiger partial charge in [0.2, 0.25) is 0 Å². The average molecular weight is 223 g/mol. The number of hydrogen-bond acceptors (Lipinski definition) is 3. The molecule has 16 heavy (non-hydrogen) atoms. The van der Waals surface area contributed by atoms with E-state index >= 15 is 0 Å². The molecule has 0 amide bonds. The van der Waals surface area contributed by atoms with E-state index in [9.17, 15) is 4.79 Å². The molecule has 4 nitrogen and oxygen atoms in total. The van der Waals surface area contributed by atoms with E-state index in [0.29, 0.717) is 5.78 Å². The fourth-order valence-corrected chi connectivity index (χ4v) is 1.69. The third-order valence-electron chi connectivity index (χ3n) is 3.05. The summed E-state index contributed by atoms with van der Waals surface area (Å²) in [7, 11) is 1.85. The summed E-state index contributed by atoms with van der Waals surface area (Å²) in [5.74, 6) is 0.448. The van der Waals surface area contributed by atoms with Crippen LogP contribution in [-0.2, 0) is 11.2 Å². The summed E-state index contributed by atoms with van der Waals surface area (Å²) in [6, 6.07) is -0.0433. The molecule has 1 unspecified atom stereocenters. The van der Waals surface area contributed by atoms with Crippen molar-refractivity contribution in [3.8, 4) is 0 Å². The van der Waals surface area contributed by atoms with E-state index in [1.165, 1.54) is 0 Å². The largest absolute Gasteiger partial charge is 0.348 e. The molecular formula is C12H21N3O. The first-order valence-electron chi connectivity index (χ1n) is 5.87. The molecule has 0 saturated carbocycles. The van der Waals surface area contributed by atoms with Crippen LogP contribution in [0.4, 0.5) is 0 Å². The Labute approximate surface area is 96.9 Å². The maximum Gasteiger partial charge on any atom is 0.152 e. The van der Waals surface area contributed by atoms with E-state index in [2.05, 4.69) is 15.3 Å². The van der Waals surface area contributed by atoms with E-state index in [1.807, 2.05) is 20.9 Å². The molecular weight excluding hydrogens is 202 g/mol. The van der Waals surface area contributed by atoms with E-state index < -0.39 is 0 Å².